The number of rotatable bonds is 0. The van der Waals surface area contributed by atoms with E-state index in [4.69, 9.17) is 0 Å². The van der Waals surface area contributed by atoms with Crippen molar-refractivity contribution in [3.8, 4) is 11.8 Å². The number of aryl methyl sites for hydroxylation is 1. The fourth-order valence-electron chi connectivity index (χ4n) is 2.51. The topological polar surface area (TPSA) is 42.9 Å². The summed E-state index contributed by atoms with van der Waals surface area (Å²) in [6.45, 7) is 6.34. The fraction of sp³-hybridized carbons (Fsp3) is 0.333. The number of aromatic nitrogens is 2. The van der Waals surface area contributed by atoms with Gasteiger partial charge in [-0.25, -0.2) is 9.97 Å². The minimum Gasteiger partial charge on any atom is -0.254 e. The van der Waals surface area contributed by atoms with E-state index in [0.29, 0.717) is 5.82 Å². The lowest BCUT2D eigenvalue weighted by Gasteiger charge is -2.31. The second kappa shape index (κ2) is 5.66. The molecule has 0 saturated carbocycles. The van der Waals surface area contributed by atoms with Crippen LogP contribution in [0.3, 0.4) is 0 Å². The Bertz CT molecular complexity index is 798. The van der Waals surface area contributed by atoms with Crippen LogP contribution in [0.2, 0.25) is 0 Å². The maximum atomic E-state index is 12.2. The molecule has 0 fully saturated rings. The molecule has 4 heteroatoms. The molecule has 0 bridgehead atoms. The average Bonchev–Trinajstić information content (AvgIpc) is 2.51. The summed E-state index contributed by atoms with van der Waals surface area (Å²) in [5.41, 5.74) is 3.12. The first-order chi connectivity index (χ1) is 10.5. The SMILES string of the molecule is Cc1cnc(C#Cc2ccc3c(c2)C(C)(C)CCS3=O)nc1. The Morgan fingerprint density at radius 2 is 1.91 bits per heavy atom. The van der Waals surface area contributed by atoms with Crippen molar-refractivity contribution in [3.63, 3.8) is 0 Å². The van der Waals surface area contributed by atoms with Crippen molar-refractivity contribution in [1.29, 1.82) is 0 Å². The predicted molar refractivity (Wildman–Crippen MR) is 88.1 cm³/mol. The Balaban J connectivity index is 1.97. The second-order valence-electron chi connectivity index (χ2n) is 6.23. The molecule has 3 nitrogen and oxygen atoms in total. The highest BCUT2D eigenvalue weighted by atomic mass is 32.2. The van der Waals surface area contributed by atoms with Crippen molar-refractivity contribution >= 4 is 10.8 Å². The Kier molecular flexibility index (Phi) is 3.84. The quantitative estimate of drug-likeness (QED) is 0.703. The van der Waals surface area contributed by atoms with Gasteiger partial charge in [0.05, 0.1) is 10.8 Å². The van der Waals surface area contributed by atoms with E-state index in [1.165, 1.54) is 0 Å². The lowest BCUT2D eigenvalue weighted by atomic mass is 9.81. The summed E-state index contributed by atoms with van der Waals surface area (Å²) in [4.78, 5) is 9.33. The van der Waals surface area contributed by atoms with Crippen molar-refractivity contribution in [2.45, 2.75) is 37.5 Å². The Morgan fingerprint density at radius 3 is 2.64 bits per heavy atom. The molecule has 112 valence electrons. The monoisotopic (exact) mass is 310 g/mol. The molecule has 1 aliphatic rings. The third-order valence-electron chi connectivity index (χ3n) is 3.97. The van der Waals surface area contributed by atoms with Crippen LogP contribution >= 0.6 is 0 Å². The van der Waals surface area contributed by atoms with Crippen molar-refractivity contribution in [2.75, 3.05) is 5.75 Å². The van der Waals surface area contributed by atoms with Gasteiger partial charge in [-0.1, -0.05) is 19.8 Å². The summed E-state index contributed by atoms with van der Waals surface area (Å²) in [6.07, 6.45) is 4.46. The van der Waals surface area contributed by atoms with Crippen LogP contribution < -0.4 is 0 Å². The Labute approximate surface area is 133 Å². The van der Waals surface area contributed by atoms with E-state index >= 15 is 0 Å². The zero-order valence-corrected chi connectivity index (χ0v) is 13.8. The minimum atomic E-state index is -0.885. The molecule has 1 unspecified atom stereocenters. The molecule has 22 heavy (non-hydrogen) atoms. The van der Waals surface area contributed by atoms with Gasteiger partial charge < -0.3 is 0 Å². The second-order valence-corrected chi connectivity index (χ2v) is 7.77. The van der Waals surface area contributed by atoms with Crippen molar-refractivity contribution in [3.05, 3.63) is 53.1 Å². The van der Waals surface area contributed by atoms with Crippen LogP contribution in [-0.4, -0.2) is 19.9 Å². The van der Waals surface area contributed by atoms with Crippen LogP contribution in [0.1, 0.15) is 42.8 Å². The lowest BCUT2D eigenvalue weighted by molar-refractivity contribution is 0.486. The highest BCUT2D eigenvalue weighted by Crippen LogP contribution is 2.37. The highest BCUT2D eigenvalue weighted by Gasteiger charge is 2.30. The maximum absolute atomic E-state index is 12.2. The van der Waals surface area contributed by atoms with Gasteiger partial charge in [-0.3, -0.25) is 4.21 Å². The van der Waals surface area contributed by atoms with Crippen LogP contribution in [0.15, 0.2) is 35.5 Å². The van der Waals surface area contributed by atoms with Gasteiger partial charge >= 0.3 is 0 Å². The summed E-state index contributed by atoms with van der Waals surface area (Å²) >= 11 is 0. The molecule has 1 atom stereocenters. The van der Waals surface area contributed by atoms with E-state index in [9.17, 15) is 4.21 Å². The number of fused-ring (bicyclic) bond motifs is 1. The third-order valence-corrected chi connectivity index (χ3v) is 5.39. The van der Waals surface area contributed by atoms with E-state index in [2.05, 4.69) is 41.7 Å². The van der Waals surface area contributed by atoms with E-state index in [-0.39, 0.29) is 5.41 Å². The maximum Gasteiger partial charge on any atom is 0.205 e. The van der Waals surface area contributed by atoms with E-state index in [1.807, 2.05) is 19.1 Å². The first kappa shape index (κ1) is 14.9. The molecule has 0 N–H and O–H groups in total. The molecule has 0 amide bonds. The number of hydrogen-bond acceptors (Lipinski definition) is 3. The molecular weight excluding hydrogens is 292 g/mol. The summed E-state index contributed by atoms with van der Waals surface area (Å²) in [7, 11) is -0.885. The molecule has 2 aromatic rings. The third kappa shape index (κ3) is 2.95. The standard InChI is InChI=1S/C18H18N2OS/c1-13-11-19-17(20-12-13)7-5-14-4-6-16-15(10-14)18(2,3)8-9-22(16)21/h4,6,10-12H,8-9H2,1-3H3. The van der Waals surface area contributed by atoms with Crippen LogP contribution in [0, 0.1) is 18.8 Å². The van der Waals surface area contributed by atoms with Gasteiger partial charge in [0, 0.05) is 28.6 Å². The number of nitrogens with zero attached hydrogens (tertiary/aromatic N) is 2. The summed E-state index contributed by atoms with van der Waals surface area (Å²) < 4.78 is 12.2. The fourth-order valence-corrected chi connectivity index (χ4v) is 4.23. The molecule has 0 spiro atoms. The van der Waals surface area contributed by atoms with Crippen LogP contribution in [-0.2, 0) is 16.2 Å². The highest BCUT2D eigenvalue weighted by molar-refractivity contribution is 7.85. The minimum absolute atomic E-state index is 0.0429. The summed E-state index contributed by atoms with van der Waals surface area (Å²) in [5.74, 6) is 7.35. The summed E-state index contributed by atoms with van der Waals surface area (Å²) in [5, 5.41) is 0. The van der Waals surface area contributed by atoms with Crippen molar-refractivity contribution in [2.24, 2.45) is 0 Å². The van der Waals surface area contributed by atoms with Gasteiger partial charge in [-0.05, 0) is 54.0 Å². The van der Waals surface area contributed by atoms with E-state index < -0.39 is 10.8 Å². The first-order valence-electron chi connectivity index (χ1n) is 7.29. The van der Waals surface area contributed by atoms with Gasteiger partial charge in [-0.15, -0.1) is 0 Å². The molecule has 3 rings (SSSR count). The average molecular weight is 310 g/mol. The van der Waals surface area contributed by atoms with Gasteiger partial charge in [0.15, 0.2) is 0 Å². The summed E-state index contributed by atoms with van der Waals surface area (Å²) in [6, 6.07) is 5.94. The molecule has 0 radical (unpaired) electrons. The first-order valence-corrected chi connectivity index (χ1v) is 8.61. The van der Waals surface area contributed by atoms with Crippen molar-refractivity contribution in [1.82, 2.24) is 9.97 Å². The van der Waals surface area contributed by atoms with Gasteiger partial charge in [-0.2, -0.15) is 0 Å². The van der Waals surface area contributed by atoms with Gasteiger partial charge in [0.25, 0.3) is 0 Å². The van der Waals surface area contributed by atoms with Crippen LogP contribution in [0.5, 0.6) is 0 Å². The Hall–Kier alpha value is -1.99. The lowest BCUT2D eigenvalue weighted by Crippen LogP contribution is -2.27. The smallest absolute Gasteiger partial charge is 0.205 e. The zero-order valence-electron chi connectivity index (χ0n) is 13.0. The molecule has 1 aromatic heterocycles. The van der Waals surface area contributed by atoms with Crippen LogP contribution in [0.25, 0.3) is 0 Å². The number of benzene rings is 1. The Morgan fingerprint density at radius 1 is 1.18 bits per heavy atom. The molecular formula is C18H18N2OS. The van der Waals surface area contributed by atoms with E-state index in [1.54, 1.807) is 12.4 Å². The molecule has 0 aliphatic carbocycles. The number of hydrogen-bond donors (Lipinski definition) is 0. The normalized spacial score (nSPS) is 19.0. The molecule has 1 aliphatic heterocycles. The predicted octanol–water partition coefficient (Wildman–Crippen LogP) is 2.97. The van der Waals surface area contributed by atoms with E-state index in [0.717, 1.165) is 33.8 Å². The van der Waals surface area contributed by atoms with Gasteiger partial charge in [0.1, 0.15) is 0 Å². The molecule has 1 aromatic carbocycles. The van der Waals surface area contributed by atoms with Gasteiger partial charge in [0.2, 0.25) is 5.82 Å². The van der Waals surface area contributed by atoms with Crippen LogP contribution in [0.4, 0.5) is 0 Å². The molecule has 0 saturated heterocycles. The van der Waals surface area contributed by atoms with Crippen molar-refractivity contribution < 1.29 is 4.21 Å². The molecule has 2 heterocycles. The largest absolute Gasteiger partial charge is 0.254 e. The zero-order chi connectivity index (χ0) is 15.7.